The van der Waals surface area contributed by atoms with E-state index < -0.39 is 25.2 Å². The zero-order valence-corrected chi connectivity index (χ0v) is 18.0. The Morgan fingerprint density at radius 3 is 2.09 bits per heavy atom. The summed E-state index contributed by atoms with van der Waals surface area (Å²) in [5, 5.41) is 0.177. The van der Waals surface area contributed by atoms with Crippen LogP contribution in [0, 0.1) is 11.8 Å². The van der Waals surface area contributed by atoms with E-state index in [1.165, 1.54) is 0 Å². The second-order valence-corrected chi connectivity index (χ2v) is 15.8. The number of ether oxygens (including phenoxy) is 1. The Bertz CT molecular complexity index is 467. The molecular formula is C17H33NO3SSi. The van der Waals surface area contributed by atoms with Crippen molar-refractivity contribution in [3.05, 3.63) is 0 Å². The quantitative estimate of drug-likeness (QED) is 0.439. The summed E-state index contributed by atoms with van der Waals surface area (Å²) in [6, 6.07) is 0. The van der Waals surface area contributed by atoms with E-state index in [9.17, 15) is 4.55 Å². The number of hydrogen-bond acceptors (Lipinski definition) is 4. The minimum Gasteiger partial charge on any atom is -0.597 e. The molecule has 1 fully saturated rings. The first-order chi connectivity index (χ1) is 10.2. The average molecular weight is 360 g/mol. The highest BCUT2D eigenvalue weighted by molar-refractivity contribution is 7.90. The van der Waals surface area contributed by atoms with Gasteiger partial charge in [-0.3, -0.25) is 0 Å². The van der Waals surface area contributed by atoms with Gasteiger partial charge in [0, 0.05) is 18.4 Å². The lowest BCUT2D eigenvalue weighted by Crippen LogP contribution is -2.63. The molecule has 0 aromatic carbocycles. The zero-order chi connectivity index (χ0) is 18.1. The summed E-state index contributed by atoms with van der Waals surface area (Å²) in [6.45, 7) is 18.4. The zero-order valence-electron chi connectivity index (χ0n) is 16.2. The van der Waals surface area contributed by atoms with Crippen molar-refractivity contribution < 1.29 is 13.7 Å². The number of hydrogen-bond donors (Lipinski definition) is 0. The maximum atomic E-state index is 12.6. The van der Waals surface area contributed by atoms with Crippen LogP contribution in [0.2, 0.25) is 18.1 Å². The summed E-state index contributed by atoms with van der Waals surface area (Å²) < 4.78 is 25.6. The third kappa shape index (κ3) is 4.97. The van der Waals surface area contributed by atoms with Gasteiger partial charge < -0.3 is 13.7 Å². The van der Waals surface area contributed by atoms with Crippen molar-refractivity contribution in [3.8, 4) is 11.8 Å². The molecule has 4 nitrogen and oxygen atoms in total. The lowest BCUT2D eigenvalue weighted by atomic mass is 9.99. The van der Waals surface area contributed by atoms with Crippen LogP contribution in [-0.2, 0) is 20.5 Å². The molecule has 0 aromatic heterocycles. The standard InChI is InChI=1S/C17H33NO3SSi/c1-15(2,3)22(19)18(7)17(13-20-14-17)11-10-12-21-23(8,9)16(4,5)6/h12-14H2,1-9H3. The summed E-state index contributed by atoms with van der Waals surface area (Å²) in [7, 11) is 0.0886. The summed E-state index contributed by atoms with van der Waals surface area (Å²) in [4.78, 5) is 0. The van der Waals surface area contributed by atoms with Crippen molar-refractivity contribution in [1.29, 1.82) is 0 Å². The molecule has 0 radical (unpaired) electrons. The van der Waals surface area contributed by atoms with Gasteiger partial charge in [0.05, 0.1) is 19.8 Å². The molecule has 1 rings (SSSR count). The molecule has 1 aliphatic rings. The smallest absolute Gasteiger partial charge is 0.193 e. The molecule has 134 valence electrons. The molecule has 1 saturated heterocycles. The molecule has 1 unspecified atom stereocenters. The van der Waals surface area contributed by atoms with Crippen LogP contribution in [0.5, 0.6) is 0 Å². The first-order valence-corrected chi connectivity index (χ1v) is 12.1. The minimum atomic E-state index is -1.78. The fourth-order valence-electron chi connectivity index (χ4n) is 1.83. The molecule has 0 amide bonds. The Hall–Kier alpha value is -0.0331. The molecule has 0 N–H and O–H groups in total. The molecule has 1 aliphatic heterocycles. The van der Waals surface area contributed by atoms with Crippen molar-refractivity contribution in [3.63, 3.8) is 0 Å². The van der Waals surface area contributed by atoms with Crippen molar-refractivity contribution in [2.24, 2.45) is 0 Å². The van der Waals surface area contributed by atoms with Gasteiger partial charge in [-0.15, -0.1) is 4.31 Å². The maximum absolute atomic E-state index is 12.6. The van der Waals surface area contributed by atoms with E-state index in [1.807, 2.05) is 32.1 Å². The molecule has 23 heavy (non-hydrogen) atoms. The van der Waals surface area contributed by atoms with E-state index in [0.29, 0.717) is 19.8 Å². The van der Waals surface area contributed by atoms with Gasteiger partial charge in [-0.2, -0.15) is 0 Å². The van der Waals surface area contributed by atoms with E-state index in [4.69, 9.17) is 9.16 Å². The third-order valence-corrected chi connectivity index (χ3v) is 11.1. The number of likely N-dealkylation sites (N-methyl/N-ethyl adjacent to an activating group) is 1. The summed E-state index contributed by atoms with van der Waals surface area (Å²) in [5.74, 6) is 6.41. The van der Waals surface area contributed by atoms with Gasteiger partial charge in [0.1, 0.15) is 4.75 Å². The van der Waals surface area contributed by atoms with Gasteiger partial charge in [-0.1, -0.05) is 32.6 Å². The van der Waals surface area contributed by atoms with Crippen LogP contribution in [0.25, 0.3) is 0 Å². The van der Waals surface area contributed by atoms with Crippen LogP contribution in [0.1, 0.15) is 41.5 Å². The largest absolute Gasteiger partial charge is 0.597 e. The highest BCUT2D eigenvalue weighted by Crippen LogP contribution is 2.36. The predicted octanol–water partition coefficient (Wildman–Crippen LogP) is 3.17. The van der Waals surface area contributed by atoms with Gasteiger partial charge in [-0.05, 0) is 38.9 Å². The maximum Gasteiger partial charge on any atom is 0.193 e. The molecular weight excluding hydrogens is 326 g/mol. The van der Waals surface area contributed by atoms with E-state index in [0.717, 1.165) is 0 Å². The second kappa shape index (κ2) is 7.07. The Morgan fingerprint density at radius 1 is 1.22 bits per heavy atom. The van der Waals surface area contributed by atoms with Crippen LogP contribution in [0.3, 0.4) is 0 Å². The lowest BCUT2D eigenvalue weighted by molar-refractivity contribution is -0.0718. The van der Waals surface area contributed by atoms with Crippen LogP contribution in [0.15, 0.2) is 0 Å². The minimum absolute atomic E-state index is 0.177. The van der Waals surface area contributed by atoms with Gasteiger partial charge in [0.15, 0.2) is 13.9 Å². The molecule has 6 heteroatoms. The normalized spacial score (nSPS) is 19.8. The fraction of sp³-hybridized carbons (Fsp3) is 0.882. The van der Waals surface area contributed by atoms with Crippen LogP contribution < -0.4 is 0 Å². The Labute approximate surface area is 146 Å². The van der Waals surface area contributed by atoms with Gasteiger partial charge >= 0.3 is 0 Å². The Balaban J connectivity index is 2.75. The molecule has 0 saturated carbocycles. The third-order valence-electron chi connectivity index (χ3n) is 4.69. The molecule has 0 aliphatic carbocycles. The van der Waals surface area contributed by atoms with E-state index in [1.54, 1.807) is 0 Å². The highest BCUT2D eigenvalue weighted by Gasteiger charge is 2.50. The second-order valence-electron chi connectivity index (χ2n) is 8.73. The Morgan fingerprint density at radius 2 is 1.74 bits per heavy atom. The molecule has 1 atom stereocenters. The van der Waals surface area contributed by atoms with Gasteiger partial charge in [-0.25, -0.2) is 0 Å². The predicted molar refractivity (Wildman–Crippen MR) is 100 cm³/mol. The fourth-order valence-corrected chi connectivity index (χ4v) is 3.99. The van der Waals surface area contributed by atoms with E-state index in [-0.39, 0.29) is 9.79 Å². The van der Waals surface area contributed by atoms with Crippen molar-refractivity contribution >= 4 is 19.7 Å². The van der Waals surface area contributed by atoms with E-state index >= 15 is 0 Å². The van der Waals surface area contributed by atoms with Gasteiger partial charge in [0.25, 0.3) is 0 Å². The van der Waals surface area contributed by atoms with Crippen molar-refractivity contribution in [1.82, 2.24) is 4.31 Å². The van der Waals surface area contributed by atoms with Crippen LogP contribution in [0.4, 0.5) is 0 Å². The monoisotopic (exact) mass is 359 g/mol. The average Bonchev–Trinajstić information content (AvgIpc) is 2.32. The summed E-state index contributed by atoms with van der Waals surface area (Å²) in [5.41, 5.74) is -0.449. The highest BCUT2D eigenvalue weighted by atomic mass is 32.2. The first-order valence-electron chi connectivity index (χ1n) is 8.10. The van der Waals surface area contributed by atoms with Gasteiger partial charge in [0.2, 0.25) is 0 Å². The van der Waals surface area contributed by atoms with Crippen LogP contribution in [-0.4, -0.2) is 54.3 Å². The lowest BCUT2D eigenvalue weighted by Gasteiger charge is -2.45. The Kier molecular flexibility index (Phi) is 6.46. The number of nitrogens with zero attached hydrogens (tertiary/aromatic N) is 1. The van der Waals surface area contributed by atoms with E-state index in [2.05, 4.69) is 45.7 Å². The SMILES string of the molecule is CN([S+]([O-])C(C)(C)C)C1(C#CCO[Si](C)(C)C(C)(C)C)COC1. The van der Waals surface area contributed by atoms with Crippen molar-refractivity contribution in [2.75, 3.05) is 26.9 Å². The molecule has 0 spiro atoms. The first kappa shape index (κ1) is 21.0. The topological polar surface area (TPSA) is 44.8 Å². The molecule has 1 heterocycles. The summed E-state index contributed by atoms with van der Waals surface area (Å²) in [6.07, 6.45) is 0. The molecule has 0 bridgehead atoms. The van der Waals surface area contributed by atoms with Crippen LogP contribution >= 0.6 is 0 Å². The summed E-state index contributed by atoms with van der Waals surface area (Å²) >= 11 is -1.12. The number of rotatable bonds is 4. The molecule has 0 aromatic rings. The van der Waals surface area contributed by atoms with Crippen molar-refractivity contribution in [2.45, 2.75) is 70.0 Å².